The quantitative estimate of drug-likeness (QED) is 0.563. The number of hydrogen-bond acceptors (Lipinski definition) is 5. The number of hydrogen-bond donors (Lipinski definition) is 0. The normalized spacial score (nSPS) is 15.1. The molecule has 0 unspecified atom stereocenters. The number of rotatable bonds is 6. The van der Waals surface area contributed by atoms with Crippen molar-refractivity contribution in [2.75, 3.05) is 26.2 Å². The van der Waals surface area contributed by atoms with E-state index in [9.17, 15) is 22.0 Å². The SMILES string of the molecule is O=C(CCc1ncc(-c2ccccc2)o1)N1CCN(S(=O)(=O)c2ccc(F)cc2F)CC1. The molecule has 1 saturated heterocycles. The van der Waals surface area contributed by atoms with Crippen LogP contribution in [0, 0.1) is 11.6 Å². The van der Waals surface area contributed by atoms with Crippen LogP contribution in [0.2, 0.25) is 0 Å². The number of piperazine rings is 1. The van der Waals surface area contributed by atoms with Crippen LogP contribution in [0.3, 0.4) is 0 Å². The molecule has 0 atom stereocenters. The van der Waals surface area contributed by atoms with E-state index in [0.717, 1.165) is 22.0 Å². The molecule has 0 bridgehead atoms. The van der Waals surface area contributed by atoms with Gasteiger partial charge in [0.25, 0.3) is 0 Å². The molecule has 1 aromatic heterocycles. The third kappa shape index (κ3) is 4.71. The zero-order valence-corrected chi connectivity index (χ0v) is 17.9. The first-order valence-electron chi connectivity index (χ1n) is 10.1. The number of sulfonamides is 1. The highest BCUT2D eigenvalue weighted by Gasteiger charge is 2.32. The minimum atomic E-state index is -4.11. The summed E-state index contributed by atoms with van der Waals surface area (Å²) in [4.78, 5) is 17.8. The largest absolute Gasteiger partial charge is 0.441 e. The number of halogens is 2. The molecule has 1 aliphatic rings. The summed E-state index contributed by atoms with van der Waals surface area (Å²) in [5.41, 5.74) is 0.896. The van der Waals surface area contributed by atoms with Crippen LogP contribution in [-0.4, -0.2) is 54.7 Å². The maximum absolute atomic E-state index is 14.0. The molecule has 0 saturated carbocycles. The predicted molar refractivity (Wildman–Crippen MR) is 112 cm³/mol. The van der Waals surface area contributed by atoms with Crippen molar-refractivity contribution >= 4 is 15.9 Å². The van der Waals surface area contributed by atoms with E-state index in [1.54, 1.807) is 11.1 Å². The molecule has 0 spiro atoms. The molecule has 1 aliphatic heterocycles. The van der Waals surface area contributed by atoms with Crippen LogP contribution in [0.25, 0.3) is 11.3 Å². The van der Waals surface area contributed by atoms with Crippen LogP contribution in [-0.2, 0) is 21.2 Å². The predicted octanol–water partition coefficient (Wildman–Crippen LogP) is 3.09. The molecule has 0 aliphatic carbocycles. The van der Waals surface area contributed by atoms with Crippen LogP contribution in [0.1, 0.15) is 12.3 Å². The lowest BCUT2D eigenvalue weighted by atomic mass is 10.2. The Morgan fingerprint density at radius 1 is 1.03 bits per heavy atom. The minimum absolute atomic E-state index is 0.0298. The molecule has 168 valence electrons. The van der Waals surface area contributed by atoms with Gasteiger partial charge in [-0.1, -0.05) is 30.3 Å². The second-order valence-corrected chi connectivity index (χ2v) is 9.25. The van der Waals surface area contributed by atoms with Crippen molar-refractivity contribution < 1.29 is 26.4 Å². The Morgan fingerprint density at radius 3 is 2.44 bits per heavy atom. The highest BCUT2D eigenvalue weighted by Crippen LogP contribution is 2.23. The monoisotopic (exact) mass is 461 g/mol. The molecule has 0 N–H and O–H groups in total. The standard InChI is InChI=1S/C22H21F2N3O4S/c23-17-6-7-20(18(24)14-17)32(29,30)27-12-10-26(11-13-27)22(28)9-8-21-25-15-19(31-21)16-4-2-1-3-5-16/h1-7,14-15H,8-13H2. The topological polar surface area (TPSA) is 83.7 Å². The zero-order valence-electron chi connectivity index (χ0n) is 17.1. The number of benzene rings is 2. The smallest absolute Gasteiger partial charge is 0.246 e. The summed E-state index contributed by atoms with van der Waals surface area (Å²) in [6.07, 6.45) is 2.12. The summed E-state index contributed by atoms with van der Waals surface area (Å²) in [7, 11) is -4.11. The fraction of sp³-hybridized carbons (Fsp3) is 0.273. The first kappa shape index (κ1) is 22.1. The third-order valence-electron chi connectivity index (χ3n) is 5.27. The Morgan fingerprint density at radius 2 is 1.75 bits per heavy atom. The molecule has 32 heavy (non-hydrogen) atoms. The highest BCUT2D eigenvalue weighted by atomic mass is 32.2. The molecule has 10 heteroatoms. The number of carbonyl (C=O) groups is 1. The van der Waals surface area contributed by atoms with E-state index in [0.29, 0.717) is 24.1 Å². The Labute approximate surface area is 184 Å². The van der Waals surface area contributed by atoms with Crippen molar-refractivity contribution in [3.8, 4) is 11.3 Å². The molecular weight excluding hydrogens is 440 g/mol. The summed E-state index contributed by atoms with van der Waals surface area (Å²) in [6, 6.07) is 11.9. The Bertz CT molecular complexity index is 1210. The molecule has 3 aromatic rings. The van der Waals surface area contributed by atoms with E-state index in [1.807, 2.05) is 30.3 Å². The van der Waals surface area contributed by atoms with E-state index in [4.69, 9.17) is 4.42 Å². The fourth-order valence-electron chi connectivity index (χ4n) is 3.54. The first-order valence-corrected chi connectivity index (χ1v) is 11.5. The van der Waals surface area contributed by atoms with Gasteiger partial charge in [-0.15, -0.1) is 0 Å². The highest BCUT2D eigenvalue weighted by molar-refractivity contribution is 7.89. The molecule has 7 nitrogen and oxygen atoms in total. The molecule has 2 aromatic carbocycles. The second-order valence-electron chi connectivity index (χ2n) is 7.34. The van der Waals surface area contributed by atoms with Crippen molar-refractivity contribution in [3.63, 3.8) is 0 Å². The van der Waals surface area contributed by atoms with E-state index in [-0.39, 0.29) is 38.5 Å². The van der Waals surface area contributed by atoms with Crippen LogP contribution in [0.5, 0.6) is 0 Å². The van der Waals surface area contributed by atoms with Gasteiger partial charge in [0, 0.05) is 50.7 Å². The van der Waals surface area contributed by atoms with Gasteiger partial charge in [0.05, 0.1) is 6.20 Å². The van der Waals surface area contributed by atoms with Gasteiger partial charge in [-0.05, 0) is 12.1 Å². The van der Waals surface area contributed by atoms with Gasteiger partial charge < -0.3 is 9.32 Å². The van der Waals surface area contributed by atoms with Crippen LogP contribution >= 0.6 is 0 Å². The van der Waals surface area contributed by atoms with Gasteiger partial charge in [-0.2, -0.15) is 4.31 Å². The zero-order chi connectivity index (χ0) is 22.7. The van der Waals surface area contributed by atoms with Gasteiger partial charge in [0.15, 0.2) is 11.7 Å². The summed E-state index contributed by atoms with van der Waals surface area (Å²) >= 11 is 0. The fourth-order valence-corrected chi connectivity index (χ4v) is 5.00. The van der Waals surface area contributed by atoms with Crippen LogP contribution in [0.4, 0.5) is 8.78 Å². The maximum Gasteiger partial charge on any atom is 0.246 e. The maximum atomic E-state index is 14.0. The van der Waals surface area contributed by atoms with Crippen LogP contribution < -0.4 is 0 Å². The number of amides is 1. The van der Waals surface area contributed by atoms with Crippen molar-refractivity contribution in [1.82, 2.24) is 14.2 Å². The Balaban J connectivity index is 1.31. The molecule has 1 fully saturated rings. The number of oxazole rings is 1. The summed E-state index contributed by atoms with van der Waals surface area (Å²) < 4.78 is 59.2. The van der Waals surface area contributed by atoms with Gasteiger partial charge in [0.2, 0.25) is 15.9 Å². The van der Waals surface area contributed by atoms with Crippen molar-refractivity contribution in [2.45, 2.75) is 17.7 Å². The first-order chi connectivity index (χ1) is 15.3. The molecule has 0 radical (unpaired) electrons. The van der Waals surface area contributed by atoms with Gasteiger partial charge in [-0.3, -0.25) is 4.79 Å². The average Bonchev–Trinajstić information content (AvgIpc) is 3.27. The molecule has 4 rings (SSSR count). The van der Waals surface area contributed by atoms with Crippen molar-refractivity contribution in [2.24, 2.45) is 0 Å². The average molecular weight is 461 g/mol. The number of aromatic nitrogens is 1. The summed E-state index contributed by atoms with van der Waals surface area (Å²) in [6.45, 7) is 0.424. The minimum Gasteiger partial charge on any atom is -0.441 e. The van der Waals surface area contributed by atoms with Crippen molar-refractivity contribution in [1.29, 1.82) is 0 Å². The molecular formula is C22H21F2N3O4S. The van der Waals surface area contributed by atoms with E-state index in [2.05, 4.69) is 4.98 Å². The summed E-state index contributed by atoms with van der Waals surface area (Å²) in [5.74, 6) is -1.05. The van der Waals surface area contributed by atoms with E-state index >= 15 is 0 Å². The summed E-state index contributed by atoms with van der Waals surface area (Å²) in [5, 5.41) is 0. The molecule has 1 amide bonds. The lowest BCUT2D eigenvalue weighted by molar-refractivity contribution is -0.132. The van der Waals surface area contributed by atoms with Crippen LogP contribution in [0.15, 0.2) is 64.0 Å². The second kappa shape index (κ2) is 9.17. The Hall–Kier alpha value is -3.11. The lowest BCUT2D eigenvalue weighted by Gasteiger charge is -2.34. The van der Waals surface area contributed by atoms with Gasteiger partial charge in [-0.25, -0.2) is 22.2 Å². The van der Waals surface area contributed by atoms with Gasteiger partial charge >= 0.3 is 0 Å². The number of carbonyl (C=O) groups excluding carboxylic acids is 1. The number of aryl methyl sites for hydroxylation is 1. The van der Waals surface area contributed by atoms with Gasteiger partial charge in [0.1, 0.15) is 16.5 Å². The number of nitrogens with zero attached hydrogens (tertiary/aromatic N) is 3. The third-order valence-corrected chi connectivity index (χ3v) is 7.20. The van der Waals surface area contributed by atoms with E-state index in [1.165, 1.54) is 0 Å². The Kier molecular flexibility index (Phi) is 6.33. The molecule has 2 heterocycles. The van der Waals surface area contributed by atoms with E-state index < -0.39 is 26.6 Å². The van der Waals surface area contributed by atoms with Crippen molar-refractivity contribution in [3.05, 3.63) is 72.3 Å². The lowest BCUT2D eigenvalue weighted by Crippen LogP contribution is -2.50.